The van der Waals surface area contributed by atoms with Crippen molar-refractivity contribution in [3.05, 3.63) is 12.2 Å². The highest BCUT2D eigenvalue weighted by Gasteiger charge is 2.36. The standard InChI is InChI=1S/C39H72O6/c1-3-5-7-8-9-10-11-12-13-14-15-16-20-23-27-31-38(41)43-34-35(33-40)44-39(42)32-28-24-21-18-17-19-22-26-30-37-36(45-37)29-25-6-4-2/h22,26,35-37,40H,3-21,23-25,27-34H2,1-2H3/b26-22-/t35-,36?,37?/m0/s1. The predicted octanol–water partition coefficient (Wildman–Crippen LogP) is 10.7. The van der Waals surface area contributed by atoms with Crippen LogP contribution in [0.3, 0.4) is 0 Å². The minimum absolute atomic E-state index is 0.0697. The molecule has 3 atom stereocenters. The van der Waals surface area contributed by atoms with Crippen molar-refractivity contribution < 1.29 is 28.9 Å². The highest BCUT2D eigenvalue weighted by molar-refractivity contribution is 5.70. The molecule has 0 amide bonds. The first-order valence-electron chi connectivity index (χ1n) is 19.4. The van der Waals surface area contributed by atoms with Crippen molar-refractivity contribution in [1.29, 1.82) is 0 Å². The lowest BCUT2D eigenvalue weighted by molar-refractivity contribution is -0.161. The molecule has 0 aromatic carbocycles. The molecule has 1 aliphatic rings. The Hall–Kier alpha value is -1.40. The van der Waals surface area contributed by atoms with Gasteiger partial charge in [0.05, 0.1) is 18.8 Å². The number of hydrogen-bond acceptors (Lipinski definition) is 6. The van der Waals surface area contributed by atoms with Gasteiger partial charge in [0.15, 0.2) is 6.10 Å². The minimum Gasteiger partial charge on any atom is -0.462 e. The molecule has 6 nitrogen and oxygen atoms in total. The van der Waals surface area contributed by atoms with E-state index < -0.39 is 6.10 Å². The van der Waals surface area contributed by atoms with Crippen LogP contribution < -0.4 is 0 Å². The molecular formula is C39H72O6. The molecule has 264 valence electrons. The van der Waals surface area contributed by atoms with E-state index in [0.717, 1.165) is 57.8 Å². The van der Waals surface area contributed by atoms with Crippen molar-refractivity contribution in [3.8, 4) is 0 Å². The fourth-order valence-electron chi connectivity index (χ4n) is 5.91. The topological polar surface area (TPSA) is 85.4 Å². The Morgan fingerprint density at radius 1 is 0.622 bits per heavy atom. The van der Waals surface area contributed by atoms with Gasteiger partial charge in [-0.2, -0.15) is 0 Å². The highest BCUT2D eigenvalue weighted by Crippen LogP contribution is 2.30. The fraction of sp³-hybridized carbons (Fsp3) is 0.897. The van der Waals surface area contributed by atoms with Crippen molar-refractivity contribution in [3.63, 3.8) is 0 Å². The quantitative estimate of drug-likeness (QED) is 0.0327. The third-order valence-corrected chi connectivity index (χ3v) is 8.98. The summed E-state index contributed by atoms with van der Waals surface area (Å²) in [6.45, 7) is 4.10. The van der Waals surface area contributed by atoms with Crippen LogP contribution in [-0.2, 0) is 23.8 Å². The molecule has 1 saturated heterocycles. The first kappa shape index (κ1) is 41.6. The lowest BCUT2D eigenvalue weighted by Crippen LogP contribution is -2.28. The summed E-state index contributed by atoms with van der Waals surface area (Å²) in [6, 6.07) is 0. The minimum atomic E-state index is -0.776. The van der Waals surface area contributed by atoms with Crippen molar-refractivity contribution in [2.24, 2.45) is 0 Å². The molecule has 0 aromatic heterocycles. The zero-order valence-corrected chi connectivity index (χ0v) is 29.6. The largest absolute Gasteiger partial charge is 0.462 e. The second-order valence-electron chi connectivity index (χ2n) is 13.4. The Bertz CT molecular complexity index is 708. The Morgan fingerprint density at radius 2 is 1.11 bits per heavy atom. The molecule has 1 fully saturated rings. The average molecular weight is 637 g/mol. The second kappa shape index (κ2) is 31.2. The first-order chi connectivity index (χ1) is 22.1. The van der Waals surface area contributed by atoms with Crippen molar-refractivity contribution in [1.82, 2.24) is 0 Å². The summed E-state index contributed by atoms with van der Waals surface area (Å²) in [5, 5.41) is 9.54. The second-order valence-corrected chi connectivity index (χ2v) is 13.4. The number of aliphatic hydroxyl groups is 1. The van der Waals surface area contributed by atoms with Crippen molar-refractivity contribution in [2.75, 3.05) is 13.2 Å². The maximum atomic E-state index is 12.2. The number of esters is 2. The predicted molar refractivity (Wildman–Crippen MR) is 186 cm³/mol. The average Bonchev–Trinajstić information content (AvgIpc) is 3.79. The summed E-state index contributed by atoms with van der Waals surface area (Å²) in [4.78, 5) is 24.2. The van der Waals surface area contributed by atoms with Gasteiger partial charge >= 0.3 is 11.9 Å². The van der Waals surface area contributed by atoms with Crippen molar-refractivity contribution in [2.45, 2.75) is 212 Å². The highest BCUT2D eigenvalue weighted by atomic mass is 16.6. The van der Waals surface area contributed by atoms with Crippen LogP contribution in [0.25, 0.3) is 0 Å². The number of unbranched alkanes of at least 4 members (excludes halogenated alkanes) is 21. The number of rotatable bonds is 34. The summed E-state index contributed by atoms with van der Waals surface area (Å²) < 4.78 is 16.3. The Balaban J connectivity index is 1.87. The van der Waals surface area contributed by atoms with Gasteiger partial charge in [-0.25, -0.2) is 0 Å². The van der Waals surface area contributed by atoms with Crippen LogP contribution in [0.1, 0.15) is 194 Å². The molecule has 0 aliphatic carbocycles. The van der Waals surface area contributed by atoms with Crippen LogP contribution in [0.4, 0.5) is 0 Å². The monoisotopic (exact) mass is 637 g/mol. The van der Waals surface area contributed by atoms with Crippen LogP contribution in [0.2, 0.25) is 0 Å². The fourth-order valence-corrected chi connectivity index (χ4v) is 5.91. The van der Waals surface area contributed by atoms with E-state index in [1.54, 1.807) is 0 Å². The van der Waals surface area contributed by atoms with Gasteiger partial charge in [0.25, 0.3) is 0 Å². The Kier molecular flexibility index (Phi) is 28.9. The molecule has 6 heteroatoms. The third-order valence-electron chi connectivity index (χ3n) is 8.98. The van der Waals surface area contributed by atoms with Gasteiger partial charge in [-0.3, -0.25) is 9.59 Å². The molecule has 1 rings (SSSR count). The Morgan fingerprint density at radius 3 is 1.67 bits per heavy atom. The molecule has 0 aromatic rings. The zero-order chi connectivity index (χ0) is 32.6. The van der Waals surface area contributed by atoms with E-state index in [4.69, 9.17) is 14.2 Å². The molecule has 45 heavy (non-hydrogen) atoms. The van der Waals surface area contributed by atoms with Gasteiger partial charge in [-0.15, -0.1) is 0 Å². The first-order valence-corrected chi connectivity index (χ1v) is 19.4. The number of carbonyl (C=O) groups is 2. The Labute approximate surface area is 277 Å². The lowest BCUT2D eigenvalue weighted by atomic mass is 10.0. The van der Waals surface area contributed by atoms with Gasteiger partial charge < -0.3 is 19.3 Å². The number of aliphatic hydroxyl groups excluding tert-OH is 1. The number of allylic oxidation sites excluding steroid dienone is 1. The summed E-state index contributed by atoms with van der Waals surface area (Å²) in [7, 11) is 0. The van der Waals surface area contributed by atoms with Crippen LogP contribution in [0.5, 0.6) is 0 Å². The van der Waals surface area contributed by atoms with Crippen LogP contribution >= 0.6 is 0 Å². The van der Waals surface area contributed by atoms with Gasteiger partial charge in [-0.1, -0.05) is 154 Å². The lowest BCUT2D eigenvalue weighted by Gasteiger charge is -2.15. The molecular weight excluding hydrogens is 564 g/mol. The molecule has 0 bridgehead atoms. The summed E-state index contributed by atoms with van der Waals surface area (Å²) in [6.07, 6.45) is 37.2. The smallest absolute Gasteiger partial charge is 0.306 e. The van der Waals surface area contributed by atoms with Gasteiger partial charge in [0.1, 0.15) is 6.61 Å². The maximum absolute atomic E-state index is 12.2. The number of hydrogen-bond donors (Lipinski definition) is 1. The molecule has 0 radical (unpaired) electrons. The van der Waals surface area contributed by atoms with E-state index >= 15 is 0 Å². The summed E-state index contributed by atoms with van der Waals surface area (Å²) in [5.74, 6) is -0.604. The van der Waals surface area contributed by atoms with Crippen LogP contribution in [0, 0.1) is 0 Å². The normalized spacial score (nSPS) is 16.7. The molecule has 0 spiro atoms. The zero-order valence-electron chi connectivity index (χ0n) is 29.6. The number of ether oxygens (including phenoxy) is 3. The van der Waals surface area contributed by atoms with Gasteiger partial charge in [0, 0.05) is 12.8 Å². The number of epoxide rings is 1. The molecule has 1 heterocycles. The van der Waals surface area contributed by atoms with E-state index in [1.165, 1.54) is 109 Å². The van der Waals surface area contributed by atoms with Gasteiger partial charge in [0.2, 0.25) is 0 Å². The van der Waals surface area contributed by atoms with E-state index in [0.29, 0.717) is 25.0 Å². The SMILES string of the molecule is CCCCCCCCCCCCCCCCCC(=O)OC[C@H](CO)OC(=O)CCCCCCC/C=C\CC1OC1CCCCC. The maximum Gasteiger partial charge on any atom is 0.306 e. The summed E-state index contributed by atoms with van der Waals surface area (Å²) in [5.41, 5.74) is 0. The molecule has 2 unspecified atom stereocenters. The van der Waals surface area contributed by atoms with Crippen LogP contribution in [-0.4, -0.2) is 48.6 Å². The molecule has 1 N–H and O–H groups in total. The van der Waals surface area contributed by atoms with E-state index in [-0.39, 0.29) is 25.2 Å². The molecule has 1 aliphatic heterocycles. The van der Waals surface area contributed by atoms with Crippen molar-refractivity contribution >= 4 is 11.9 Å². The van der Waals surface area contributed by atoms with Gasteiger partial charge in [-0.05, 0) is 38.5 Å². The summed E-state index contributed by atoms with van der Waals surface area (Å²) >= 11 is 0. The van der Waals surface area contributed by atoms with E-state index in [9.17, 15) is 14.7 Å². The number of carbonyl (C=O) groups excluding carboxylic acids is 2. The third kappa shape index (κ3) is 27.4. The van der Waals surface area contributed by atoms with E-state index in [1.807, 2.05) is 0 Å². The van der Waals surface area contributed by atoms with Crippen LogP contribution in [0.15, 0.2) is 12.2 Å². The molecule has 0 saturated carbocycles. The van der Waals surface area contributed by atoms with E-state index in [2.05, 4.69) is 26.0 Å².